The van der Waals surface area contributed by atoms with Crippen molar-refractivity contribution in [3.63, 3.8) is 0 Å². The Labute approximate surface area is 188 Å². The molecule has 0 fully saturated rings. The van der Waals surface area contributed by atoms with Crippen LogP contribution in [0.15, 0.2) is 57.6 Å². The third-order valence-corrected chi connectivity index (χ3v) is 4.77. The van der Waals surface area contributed by atoms with Gasteiger partial charge in [0.15, 0.2) is 0 Å². The third kappa shape index (κ3) is 5.68. The molecule has 0 aliphatic carbocycles. The maximum Gasteiger partial charge on any atom is 0.355 e. The van der Waals surface area contributed by atoms with E-state index in [0.29, 0.717) is 20.7 Å². The van der Waals surface area contributed by atoms with E-state index in [9.17, 15) is 9.18 Å². The highest BCUT2D eigenvalue weighted by atomic mass is 79.9. The predicted molar refractivity (Wildman–Crippen MR) is 113 cm³/mol. The number of esters is 1. The molecule has 0 spiro atoms. The number of carbonyl (C=O) groups is 1. The van der Waals surface area contributed by atoms with E-state index in [4.69, 9.17) is 26.9 Å². The normalized spacial score (nSPS) is 9.62. The van der Waals surface area contributed by atoms with Gasteiger partial charge in [-0.2, -0.15) is 10.5 Å². The first kappa shape index (κ1) is 22.6. The maximum atomic E-state index is 12.6. The number of methoxy groups -OCH3 is 1. The van der Waals surface area contributed by atoms with Crippen LogP contribution >= 0.6 is 43.5 Å². The second-order valence-electron chi connectivity index (χ2n) is 5.41. The van der Waals surface area contributed by atoms with Crippen molar-refractivity contribution in [1.29, 1.82) is 10.5 Å². The van der Waals surface area contributed by atoms with Gasteiger partial charge in [0.05, 0.1) is 28.9 Å². The summed E-state index contributed by atoms with van der Waals surface area (Å²) in [6.45, 7) is 0. The minimum absolute atomic E-state index is 0.0724. The number of carbonyl (C=O) groups excluding carboxylic acids is 1. The van der Waals surface area contributed by atoms with E-state index in [2.05, 4.69) is 37.9 Å². The van der Waals surface area contributed by atoms with Crippen LogP contribution in [0.4, 0.5) is 4.39 Å². The first-order valence-electron chi connectivity index (χ1n) is 7.82. The van der Waals surface area contributed by atoms with Crippen LogP contribution in [0.3, 0.4) is 0 Å². The molecule has 0 unspecified atom stereocenters. The number of nitriles is 2. The Morgan fingerprint density at radius 1 is 1.07 bits per heavy atom. The van der Waals surface area contributed by atoms with Crippen LogP contribution < -0.4 is 0 Å². The number of benzene rings is 2. The van der Waals surface area contributed by atoms with Gasteiger partial charge in [-0.1, -0.05) is 43.5 Å². The van der Waals surface area contributed by atoms with E-state index in [-0.39, 0.29) is 11.3 Å². The highest BCUT2D eigenvalue weighted by Gasteiger charge is 2.17. The van der Waals surface area contributed by atoms with Crippen LogP contribution in [0.1, 0.15) is 21.6 Å². The van der Waals surface area contributed by atoms with E-state index < -0.39 is 11.8 Å². The molecule has 0 saturated carbocycles. The van der Waals surface area contributed by atoms with Crippen molar-refractivity contribution in [3.05, 3.63) is 85.3 Å². The lowest BCUT2D eigenvalue weighted by atomic mass is 10.2. The summed E-state index contributed by atoms with van der Waals surface area (Å²) in [6, 6.07) is 14.8. The van der Waals surface area contributed by atoms with Crippen molar-refractivity contribution in [2.24, 2.45) is 0 Å². The first-order valence-corrected chi connectivity index (χ1v) is 9.78. The van der Waals surface area contributed by atoms with Gasteiger partial charge in [-0.25, -0.2) is 9.18 Å². The van der Waals surface area contributed by atoms with Crippen molar-refractivity contribution in [3.8, 4) is 17.8 Å². The fraction of sp³-hybridized carbons (Fsp3) is 0.0500. The molecule has 2 aromatic carbocycles. The Morgan fingerprint density at radius 2 is 1.66 bits per heavy atom. The number of nitrogens with zero attached hydrogens (tertiary/aromatic N) is 3. The summed E-state index contributed by atoms with van der Waals surface area (Å²) in [5, 5.41) is 17.8. The zero-order valence-electron chi connectivity index (χ0n) is 14.8. The van der Waals surface area contributed by atoms with E-state index in [1.807, 2.05) is 0 Å². The van der Waals surface area contributed by atoms with Crippen LogP contribution in [0.2, 0.25) is 5.02 Å². The van der Waals surface area contributed by atoms with Gasteiger partial charge < -0.3 is 9.30 Å². The minimum atomic E-state index is -0.518. The molecule has 1 heterocycles. The van der Waals surface area contributed by atoms with Crippen LogP contribution in [0, 0.1) is 28.5 Å². The zero-order valence-corrected chi connectivity index (χ0v) is 18.7. The summed E-state index contributed by atoms with van der Waals surface area (Å²) in [5.74, 6) is -1.01. The summed E-state index contributed by atoms with van der Waals surface area (Å²) in [5.41, 5.74) is 1.33. The average molecular weight is 540 g/mol. The topological polar surface area (TPSA) is 78.8 Å². The van der Waals surface area contributed by atoms with Crippen molar-refractivity contribution in [2.45, 2.75) is 0 Å². The monoisotopic (exact) mass is 537 g/mol. The molecule has 0 atom stereocenters. The maximum absolute atomic E-state index is 12.6. The van der Waals surface area contributed by atoms with Gasteiger partial charge in [-0.3, -0.25) is 0 Å². The number of aromatic nitrogens is 1. The van der Waals surface area contributed by atoms with Gasteiger partial charge in [0, 0.05) is 15.1 Å². The number of rotatable bonds is 2. The molecule has 0 N–H and O–H groups in total. The fourth-order valence-corrected chi connectivity index (χ4v) is 3.15. The molecule has 146 valence electrons. The summed E-state index contributed by atoms with van der Waals surface area (Å²) < 4.78 is 20.3. The van der Waals surface area contributed by atoms with Crippen LogP contribution in [-0.4, -0.2) is 17.6 Å². The molecule has 9 heteroatoms. The van der Waals surface area contributed by atoms with Crippen LogP contribution in [0.25, 0.3) is 5.69 Å². The Hall–Kier alpha value is -2.65. The van der Waals surface area contributed by atoms with E-state index >= 15 is 0 Å². The number of hydrogen-bond acceptors (Lipinski definition) is 4. The van der Waals surface area contributed by atoms with Crippen LogP contribution in [0.5, 0.6) is 0 Å². The molecular formula is C20H11Br2ClFN3O2. The van der Waals surface area contributed by atoms with Gasteiger partial charge in [0.1, 0.15) is 23.6 Å². The largest absolute Gasteiger partial charge is 0.464 e. The zero-order chi connectivity index (χ0) is 21.6. The van der Waals surface area contributed by atoms with Crippen molar-refractivity contribution in [1.82, 2.24) is 4.57 Å². The Morgan fingerprint density at radius 3 is 2.21 bits per heavy atom. The van der Waals surface area contributed by atoms with Crippen molar-refractivity contribution in [2.75, 3.05) is 7.11 Å². The molecule has 0 saturated heterocycles. The fourth-order valence-electron chi connectivity index (χ4n) is 2.27. The molecule has 3 aromatic rings. The Balaban J connectivity index is 0.000000253. The quantitative estimate of drug-likeness (QED) is 0.374. The molecule has 0 aliphatic heterocycles. The second-order valence-corrected chi connectivity index (χ2v) is 7.68. The lowest BCUT2D eigenvalue weighted by Gasteiger charge is -2.09. The Kier molecular flexibility index (Phi) is 7.98. The summed E-state index contributed by atoms with van der Waals surface area (Å²) in [7, 11) is 1.29. The SMILES string of the molecule is COC(=O)c1cc(Cl)cn1-c1cc(Br)ccc1C#N.N#Cc1ccc(Br)cc1F. The van der Waals surface area contributed by atoms with Crippen molar-refractivity contribution < 1.29 is 13.9 Å². The van der Waals surface area contributed by atoms with E-state index in [0.717, 1.165) is 4.47 Å². The number of ether oxygens (including phenoxy) is 1. The van der Waals surface area contributed by atoms with E-state index in [1.165, 1.54) is 29.9 Å². The predicted octanol–water partition coefficient (Wildman–Crippen LogP) is 6.01. The third-order valence-electron chi connectivity index (χ3n) is 3.57. The van der Waals surface area contributed by atoms with Gasteiger partial charge in [0.2, 0.25) is 0 Å². The van der Waals surface area contributed by atoms with Gasteiger partial charge >= 0.3 is 5.97 Å². The molecule has 3 rings (SSSR count). The van der Waals surface area contributed by atoms with Gasteiger partial charge in [-0.15, -0.1) is 0 Å². The number of hydrogen-bond donors (Lipinski definition) is 0. The minimum Gasteiger partial charge on any atom is -0.464 e. The lowest BCUT2D eigenvalue weighted by Crippen LogP contribution is -2.09. The van der Waals surface area contributed by atoms with Gasteiger partial charge in [0.25, 0.3) is 0 Å². The number of halogens is 4. The summed E-state index contributed by atoms with van der Waals surface area (Å²) in [4.78, 5) is 11.7. The molecule has 0 aliphatic rings. The lowest BCUT2D eigenvalue weighted by molar-refractivity contribution is 0.0591. The van der Waals surface area contributed by atoms with Crippen LogP contribution in [-0.2, 0) is 4.74 Å². The molecular weight excluding hydrogens is 528 g/mol. The van der Waals surface area contributed by atoms with Crippen molar-refractivity contribution >= 4 is 49.4 Å². The molecule has 0 bridgehead atoms. The molecule has 0 radical (unpaired) electrons. The molecule has 0 amide bonds. The molecule has 1 aromatic heterocycles. The molecule has 5 nitrogen and oxygen atoms in total. The Bertz CT molecular complexity index is 1150. The van der Waals surface area contributed by atoms with Gasteiger partial charge in [-0.05, 0) is 42.5 Å². The second kappa shape index (κ2) is 10.2. The van der Waals surface area contributed by atoms with E-state index in [1.54, 1.807) is 36.5 Å². The smallest absolute Gasteiger partial charge is 0.355 e. The summed E-state index contributed by atoms with van der Waals surface area (Å²) >= 11 is 12.3. The highest BCUT2D eigenvalue weighted by Crippen LogP contribution is 2.25. The highest BCUT2D eigenvalue weighted by molar-refractivity contribution is 9.10. The first-order chi connectivity index (χ1) is 13.8. The molecule has 29 heavy (non-hydrogen) atoms. The summed E-state index contributed by atoms with van der Waals surface area (Å²) in [6.07, 6.45) is 1.57. The average Bonchev–Trinajstić information content (AvgIpc) is 3.09. The standard InChI is InChI=1S/C13H8BrClN2O2.C7H3BrFN/c1-19-13(18)12-5-10(15)7-17(12)11-4-9(14)3-2-8(11)6-16;8-6-2-1-5(4-10)7(9)3-6/h2-5,7H,1H3;1-3H.